The summed E-state index contributed by atoms with van der Waals surface area (Å²) in [5.41, 5.74) is 7.92. The van der Waals surface area contributed by atoms with Crippen molar-refractivity contribution < 1.29 is 4.74 Å². The van der Waals surface area contributed by atoms with Gasteiger partial charge in [0.2, 0.25) is 0 Å². The molecule has 0 aromatic heterocycles. The number of anilines is 1. The first-order valence-corrected chi connectivity index (χ1v) is 7.34. The Balaban J connectivity index is 1.97. The van der Waals surface area contributed by atoms with Crippen LogP contribution in [0.1, 0.15) is 38.2 Å². The van der Waals surface area contributed by atoms with Gasteiger partial charge in [-0.25, -0.2) is 0 Å². The van der Waals surface area contributed by atoms with Crippen molar-refractivity contribution in [2.75, 3.05) is 19.4 Å². The zero-order chi connectivity index (χ0) is 13.7. The van der Waals surface area contributed by atoms with E-state index in [1.54, 1.807) is 0 Å². The highest BCUT2D eigenvalue weighted by molar-refractivity contribution is 5.39. The van der Waals surface area contributed by atoms with Crippen LogP contribution in [0.5, 0.6) is 0 Å². The molecule has 2 N–H and O–H groups in total. The van der Waals surface area contributed by atoms with Crippen LogP contribution in [0.15, 0.2) is 24.3 Å². The average Bonchev–Trinajstić information content (AvgIpc) is 2.46. The van der Waals surface area contributed by atoms with E-state index in [9.17, 15) is 0 Å². The summed E-state index contributed by atoms with van der Waals surface area (Å²) in [6.07, 6.45) is 5.40. The molecule has 3 nitrogen and oxygen atoms in total. The first-order valence-electron chi connectivity index (χ1n) is 7.34. The van der Waals surface area contributed by atoms with Crippen molar-refractivity contribution in [3.8, 4) is 0 Å². The topological polar surface area (TPSA) is 38.5 Å². The Hall–Kier alpha value is -1.06. The van der Waals surface area contributed by atoms with Crippen molar-refractivity contribution in [1.29, 1.82) is 0 Å². The number of nitrogen functional groups attached to an aromatic ring is 1. The molecule has 0 amide bonds. The quantitative estimate of drug-likeness (QED) is 0.829. The van der Waals surface area contributed by atoms with Gasteiger partial charge in [0.05, 0.1) is 6.10 Å². The molecule has 0 aliphatic heterocycles. The summed E-state index contributed by atoms with van der Waals surface area (Å²) in [6, 6.07) is 8.90. The Morgan fingerprint density at radius 1 is 1.26 bits per heavy atom. The van der Waals surface area contributed by atoms with E-state index in [0.29, 0.717) is 12.1 Å². The van der Waals surface area contributed by atoms with Crippen LogP contribution in [0.2, 0.25) is 0 Å². The fourth-order valence-corrected chi connectivity index (χ4v) is 3.02. The predicted molar refractivity (Wildman–Crippen MR) is 80.0 cm³/mol. The highest BCUT2D eigenvalue weighted by Gasteiger charge is 2.25. The highest BCUT2D eigenvalue weighted by Crippen LogP contribution is 2.26. The second kappa shape index (κ2) is 6.92. The third kappa shape index (κ3) is 3.95. The molecule has 0 spiro atoms. The van der Waals surface area contributed by atoms with Crippen molar-refractivity contribution in [2.45, 2.75) is 51.3 Å². The van der Waals surface area contributed by atoms with E-state index in [4.69, 9.17) is 10.5 Å². The van der Waals surface area contributed by atoms with Gasteiger partial charge in [0.15, 0.2) is 0 Å². The molecule has 1 aromatic carbocycles. The lowest BCUT2D eigenvalue weighted by Crippen LogP contribution is -2.40. The number of benzene rings is 1. The Labute approximate surface area is 116 Å². The Morgan fingerprint density at radius 3 is 2.63 bits per heavy atom. The minimum absolute atomic E-state index is 0.444. The normalized spacial score (nSPS) is 23.7. The first kappa shape index (κ1) is 14.4. The third-order valence-corrected chi connectivity index (χ3v) is 4.22. The number of methoxy groups -OCH3 is 1. The second-order valence-electron chi connectivity index (χ2n) is 5.48. The second-order valence-corrected chi connectivity index (χ2v) is 5.48. The number of hydrogen-bond acceptors (Lipinski definition) is 3. The summed E-state index contributed by atoms with van der Waals surface area (Å²) in [6.45, 7) is 4.34. The largest absolute Gasteiger partial charge is 0.399 e. The van der Waals surface area contributed by atoms with Gasteiger partial charge < -0.3 is 10.5 Å². The number of nitrogens with zero attached hydrogens (tertiary/aromatic N) is 1. The van der Waals surface area contributed by atoms with Crippen LogP contribution in [-0.2, 0) is 11.3 Å². The van der Waals surface area contributed by atoms with Gasteiger partial charge in [0, 0.05) is 25.4 Å². The molecule has 0 heterocycles. The fourth-order valence-electron chi connectivity index (χ4n) is 3.02. The third-order valence-electron chi connectivity index (χ3n) is 4.22. The number of nitrogens with two attached hydrogens (primary N) is 1. The van der Waals surface area contributed by atoms with Gasteiger partial charge in [-0.05, 0) is 49.9 Å². The van der Waals surface area contributed by atoms with Crippen LogP contribution < -0.4 is 5.73 Å². The van der Waals surface area contributed by atoms with Crippen molar-refractivity contribution in [3.63, 3.8) is 0 Å². The van der Waals surface area contributed by atoms with Gasteiger partial charge in [-0.15, -0.1) is 0 Å². The molecule has 2 atom stereocenters. The fraction of sp³-hybridized carbons (Fsp3) is 0.625. The number of ether oxygens (including phenoxy) is 1. The molecular weight excluding hydrogens is 236 g/mol. The maximum absolute atomic E-state index is 5.74. The van der Waals surface area contributed by atoms with E-state index < -0.39 is 0 Å². The van der Waals surface area contributed by atoms with Crippen molar-refractivity contribution in [3.05, 3.63) is 29.8 Å². The summed E-state index contributed by atoms with van der Waals surface area (Å²) in [5.74, 6) is 0. The van der Waals surface area contributed by atoms with E-state index in [2.05, 4.69) is 24.0 Å². The lowest BCUT2D eigenvalue weighted by Gasteiger charge is -2.36. The molecule has 1 saturated carbocycles. The molecule has 1 aromatic rings. The van der Waals surface area contributed by atoms with E-state index in [-0.39, 0.29) is 0 Å². The number of rotatable bonds is 5. The lowest BCUT2D eigenvalue weighted by molar-refractivity contribution is 0.0270. The van der Waals surface area contributed by atoms with Gasteiger partial charge in [0.1, 0.15) is 0 Å². The monoisotopic (exact) mass is 262 g/mol. The molecule has 2 unspecified atom stereocenters. The SMILES string of the molecule is CCN(Cc1ccc(N)cc1)C1CCCC(OC)C1. The Bertz CT molecular complexity index is 377. The molecule has 1 aliphatic rings. The molecule has 2 rings (SSSR count). The maximum Gasteiger partial charge on any atom is 0.0586 e. The summed E-state index contributed by atoms with van der Waals surface area (Å²) in [5, 5.41) is 0. The molecule has 0 radical (unpaired) electrons. The van der Waals surface area contributed by atoms with Crippen molar-refractivity contribution in [2.24, 2.45) is 0 Å². The summed E-state index contributed by atoms with van der Waals surface area (Å²) < 4.78 is 5.54. The van der Waals surface area contributed by atoms with Gasteiger partial charge in [0.25, 0.3) is 0 Å². The summed E-state index contributed by atoms with van der Waals surface area (Å²) in [7, 11) is 1.84. The van der Waals surface area contributed by atoms with Crippen LogP contribution >= 0.6 is 0 Å². The van der Waals surface area contributed by atoms with Crippen LogP contribution in [-0.4, -0.2) is 30.7 Å². The smallest absolute Gasteiger partial charge is 0.0586 e. The van der Waals surface area contributed by atoms with Crippen molar-refractivity contribution >= 4 is 5.69 Å². The van der Waals surface area contributed by atoms with Gasteiger partial charge in [-0.1, -0.05) is 19.1 Å². The maximum atomic E-state index is 5.74. The van der Waals surface area contributed by atoms with E-state index in [0.717, 1.165) is 18.8 Å². The molecule has 0 bridgehead atoms. The molecule has 0 saturated heterocycles. The van der Waals surface area contributed by atoms with Crippen LogP contribution in [0.4, 0.5) is 5.69 Å². The van der Waals surface area contributed by atoms with E-state index in [1.807, 2.05) is 19.2 Å². The molecule has 19 heavy (non-hydrogen) atoms. The van der Waals surface area contributed by atoms with Crippen molar-refractivity contribution in [1.82, 2.24) is 4.90 Å². The van der Waals surface area contributed by atoms with E-state index in [1.165, 1.54) is 31.2 Å². The van der Waals surface area contributed by atoms with Crippen LogP contribution in [0, 0.1) is 0 Å². The van der Waals surface area contributed by atoms with Gasteiger partial charge in [-0.2, -0.15) is 0 Å². The predicted octanol–water partition coefficient (Wildman–Crippen LogP) is 3.05. The minimum Gasteiger partial charge on any atom is -0.399 e. The zero-order valence-corrected chi connectivity index (χ0v) is 12.1. The molecule has 1 aliphatic carbocycles. The highest BCUT2D eigenvalue weighted by atomic mass is 16.5. The minimum atomic E-state index is 0.444. The lowest BCUT2D eigenvalue weighted by atomic mass is 9.91. The zero-order valence-electron chi connectivity index (χ0n) is 12.1. The molecule has 3 heteroatoms. The number of hydrogen-bond donors (Lipinski definition) is 1. The standard InChI is InChI=1S/C16H26N2O/c1-3-18(12-13-7-9-14(17)10-8-13)15-5-4-6-16(11-15)19-2/h7-10,15-16H,3-6,11-12,17H2,1-2H3. The van der Waals surface area contributed by atoms with E-state index >= 15 is 0 Å². The Morgan fingerprint density at radius 2 is 2.00 bits per heavy atom. The van der Waals surface area contributed by atoms with Gasteiger partial charge in [-0.3, -0.25) is 4.90 Å². The Kier molecular flexibility index (Phi) is 5.23. The molecular formula is C16H26N2O. The van der Waals surface area contributed by atoms with Gasteiger partial charge >= 0.3 is 0 Å². The summed E-state index contributed by atoms with van der Waals surface area (Å²) >= 11 is 0. The molecule has 1 fully saturated rings. The summed E-state index contributed by atoms with van der Waals surface area (Å²) in [4.78, 5) is 2.57. The first-order chi connectivity index (χ1) is 9.22. The average molecular weight is 262 g/mol. The van der Waals surface area contributed by atoms with Crippen LogP contribution in [0.3, 0.4) is 0 Å². The molecule has 106 valence electrons. The van der Waals surface area contributed by atoms with Crippen LogP contribution in [0.25, 0.3) is 0 Å².